The third kappa shape index (κ3) is 2.91. The van der Waals surface area contributed by atoms with Crippen LogP contribution in [-0.2, 0) is 0 Å². The highest BCUT2D eigenvalue weighted by molar-refractivity contribution is 7.99. The summed E-state index contributed by atoms with van der Waals surface area (Å²) in [6.45, 7) is 1.91. The second-order valence-electron chi connectivity index (χ2n) is 2.47. The van der Waals surface area contributed by atoms with E-state index in [2.05, 4.69) is 11.1 Å². The van der Waals surface area contributed by atoms with Crippen molar-refractivity contribution in [1.29, 1.82) is 5.26 Å². The number of aromatic nitrogens is 1. The van der Waals surface area contributed by atoms with Crippen molar-refractivity contribution < 1.29 is 0 Å². The first-order valence-electron chi connectivity index (χ1n) is 3.83. The Kier molecular flexibility index (Phi) is 4.07. The summed E-state index contributed by atoms with van der Waals surface area (Å²) in [4.78, 5) is 5.02. The van der Waals surface area contributed by atoms with Gasteiger partial charge in [-0.1, -0.05) is 0 Å². The van der Waals surface area contributed by atoms with E-state index in [0.29, 0.717) is 11.4 Å². The molecule has 2 nitrogen and oxygen atoms in total. The molecule has 0 aliphatic carbocycles. The molecule has 1 rings (SSSR count). The quantitative estimate of drug-likeness (QED) is 0.571. The molecule has 0 bridgehead atoms. The molecule has 13 heavy (non-hydrogen) atoms. The molecule has 1 aromatic rings. The average molecular weight is 213 g/mol. The third-order valence-corrected chi connectivity index (χ3v) is 2.93. The van der Waals surface area contributed by atoms with Crippen LogP contribution in [0.2, 0.25) is 0 Å². The summed E-state index contributed by atoms with van der Waals surface area (Å²) in [5, 5.41) is 8.77. The predicted molar refractivity (Wildman–Crippen MR) is 55.1 cm³/mol. The van der Waals surface area contributed by atoms with Crippen molar-refractivity contribution in [3.8, 4) is 6.07 Å². The van der Waals surface area contributed by atoms with Crippen molar-refractivity contribution in [2.45, 2.75) is 11.8 Å². The van der Waals surface area contributed by atoms with Crippen molar-refractivity contribution in [1.82, 2.24) is 4.98 Å². The lowest BCUT2D eigenvalue weighted by Crippen LogP contribution is -1.89. The zero-order chi connectivity index (χ0) is 9.68. The van der Waals surface area contributed by atoms with Crippen molar-refractivity contribution in [2.24, 2.45) is 0 Å². The number of hydrogen-bond acceptors (Lipinski definition) is 3. The van der Waals surface area contributed by atoms with Gasteiger partial charge in [0.1, 0.15) is 6.07 Å². The van der Waals surface area contributed by atoms with Gasteiger partial charge in [-0.05, 0) is 13.0 Å². The van der Waals surface area contributed by atoms with Crippen LogP contribution in [0.4, 0.5) is 0 Å². The molecular weight excluding hydrogens is 204 g/mol. The molecule has 1 aromatic heterocycles. The van der Waals surface area contributed by atoms with E-state index in [9.17, 15) is 0 Å². The van der Waals surface area contributed by atoms with Gasteiger partial charge in [0, 0.05) is 28.4 Å². The maximum absolute atomic E-state index is 8.77. The van der Waals surface area contributed by atoms with Gasteiger partial charge in [0.25, 0.3) is 0 Å². The number of pyridine rings is 1. The zero-order valence-electron chi connectivity index (χ0n) is 7.25. The summed E-state index contributed by atoms with van der Waals surface area (Å²) in [6, 6.07) is 4.02. The molecule has 0 aliphatic rings. The van der Waals surface area contributed by atoms with Gasteiger partial charge in [0.15, 0.2) is 0 Å². The monoisotopic (exact) mass is 212 g/mol. The van der Waals surface area contributed by atoms with Crippen LogP contribution in [0, 0.1) is 18.3 Å². The number of hydrogen-bond donors (Lipinski definition) is 0. The summed E-state index contributed by atoms with van der Waals surface area (Å²) >= 11 is 7.16. The first kappa shape index (κ1) is 10.4. The molecule has 0 saturated heterocycles. The fourth-order valence-electron chi connectivity index (χ4n) is 0.887. The van der Waals surface area contributed by atoms with Gasteiger partial charge in [-0.3, -0.25) is 4.98 Å². The number of halogens is 1. The second-order valence-corrected chi connectivity index (χ2v) is 3.99. The molecule has 4 heteroatoms. The molecule has 0 atom stereocenters. The molecule has 0 fully saturated rings. The molecule has 1 heterocycles. The van der Waals surface area contributed by atoms with Gasteiger partial charge in [-0.15, -0.1) is 23.4 Å². The van der Waals surface area contributed by atoms with Crippen molar-refractivity contribution in [3.05, 3.63) is 23.5 Å². The average Bonchev–Trinajstić information content (AvgIpc) is 2.15. The molecule has 0 radical (unpaired) electrons. The van der Waals surface area contributed by atoms with Crippen molar-refractivity contribution in [2.75, 3.05) is 11.6 Å². The second kappa shape index (κ2) is 5.11. The van der Waals surface area contributed by atoms with Gasteiger partial charge >= 0.3 is 0 Å². The third-order valence-electron chi connectivity index (χ3n) is 1.46. The topological polar surface area (TPSA) is 36.7 Å². The minimum absolute atomic E-state index is 0.594. The van der Waals surface area contributed by atoms with E-state index in [1.165, 1.54) is 0 Å². The van der Waals surface area contributed by atoms with Crippen LogP contribution in [0.15, 0.2) is 17.2 Å². The summed E-state index contributed by atoms with van der Waals surface area (Å²) in [7, 11) is 0. The lowest BCUT2D eigenvalue weighted by atomic mass is 10.3. The first-order chi connectivity index (χ1) is 6.27. The Bertz CT molecular complexity index is 333. The van der Waals surface area contributed by atoms with E-state index >= 15 is 0 Å². The number of aryl methyl sites for hydroxylation is 1. The summed E-state index contributed by atoms with van der Waals surface area (Å²) in [6.07, 6.45) is 1.60. The largest absolute Gasteiger partial charge is 0.260 e. The maximum atomic E-state index is 8.77. The Balaban J connectivity index is 2.89. The summed E-state index contributed by atoms with van der Waals surface area (Å²) < 4.78 is 0. The summed E-state index contributed by atoms with van der Waals surface area (Å²) in [5.41, 5.74) is 1.55. The van der Waals surface area contributed by atoms with Crippen molar-refractivity contribution in [3.63, 3.8) is 0 Å². The highest BCUT2D eigenvalue weighted by atomic mass is 35.5. The maximum Gasteiger partial charge on any atom is 0.102 e. The highest BCUT2D eigenvalue weighted by Crippen LogP contribution is 2.22. The standard InChI is InChI=1S/C9H9ClN2S/c1-7-4-9(13-3-2-10)8(5-11)6-12-7/h4,6H,2-3H2,1H3. The molecular formula is C9H9ClN2S. The van der Waals surface area contributed by atoms with E-state index in [-0.39, 0.29) is 0 Å². The van der Waals surface area contributed by atoms with Crippen LogP contribution in [0.25, 0.3) is 0 Å². The minimum atomic E-state index is 0.594. The Morgan fingerprint density at radius 1 is 1.69 bits per heavy atom. The van der Waals surface area contributed by atoms with E-state index < -0.39 is 0 Å². The number of thioether (sulfide) groups is 1. The van der Waals surface area contributed by atoms with E-state index in [1.54, 1.807) is 18.0 Å². The number of alkyl halides is 1. The summed E-state index contributed by atoms with van der Waals surface area (Å²) in [5.74, 6) is 1.41. The fourth-order valence-corrected chi connectivity index (χ4v) is 1.92. The number of nitriles is 1. The normalized spacial score (nSPS) is 9.62. The van der Waals surface area contributed by atoms with E-state index in [1.807, 2.05) is 13.0 Å². The van der Waals surface area contributed by atoms with Crippen LogP contribution in [0.1, 0.15) is 11.3 Å². The molecule has 0 spiro atoms. The molecule has 0 aliphatic heterocycles. The smallest absolute Gasteiger partial charge is 0.102 e. The van der Waals surface area contributed by atoms with Gasteiger partial charge in [-0.25, -0.2) is 0 Å². The van der Waals surface area contributed by atoms with Crippen LogP contribution in [0.5, 0.6) is 0 Å². The Morgan fingerprint density at radius 3 is 3.08 bits per heavy atom. The minimum Gasteiger partial charge on any atom is -0.260 e. The van der Waals surface area contributed by atoms with Gasteiger partial charge in [0.05, 0.1) is 5.56 Å². The molecule has 0 N–H and O–H groups in total. The molecule has 68 valence electrons. The SMILES string of the molecule is Cc1cc(SCCCl)c(C#N)cn1. The van der Waals surface area contributed by atoms with E-state index in [0.717, 1.165) is 16.3 Å². The molecule has 0 aromatic carbocycles. The lowest BCUT2D eigenvalue weighted by Gasteiger charge is -2.02. The highest BCUT2D eigenvalue weighted by Gasteiger charge is 2.02. The van der Waals surface area contributed by atoms with Crippen molar-refractivity contribution >= 4 is 23.4 Å². The van der Waals surface area contributed by atoms with Crippen LogP contribution < -0.4 is 0 Å². The zero-order valence-corrected chi connectivity index (χ0v) is 8.82. The number of rotatable bonds is 3. The van der Waals surface area contributed by atoms with Crippen LogP contribution in [0.3, 0.4) is 0 Å². The predicted octanol–water partition coefficient (Wildman–Crippen LogP) is 2.59. The Labute approximate surface area is 86.9 Å². The molecule has 0 saturated carbocycles. The lowest BCUT2D eigenvalue weighted by molar-refractivity contribution is 1.14. The molecule has 0 unspecified atom stereocenters. The first-order valence-corrected chi connectivity index (χ1v) is 5.35. The van der Waals surface area contributed by atoms with E-state index in [4.69, 9.17) is 16.9 Å². The van der Waals surface area contributed by atoms with Crippen LogP contribution in [-0.4, -0.2) is 16.6 Å². The van der Waals surface area contributed by atoms with Gasteiger partial charge in [0.2, 0.25) is 0 Å². The van der Waals surface area contributed by atoms with Gasteiger partial charge in [-0.2, -0.15) is 5.26 Å². The molecule has 0 amide bonds. The van der Waals surface area contributed by atoms with Gasteiger partial charge < -0.3 is 0 Å². The van der Waals surface area contributed by atoms with Crippen LogP contribution >= 0.6 is 23.4 Å². The Hall–Kier alpha value is -0.720. The fraction of sp³-hybridized carbons (Fsp3) is 0.333. The number of nitrogens with zero attached hydrogens (tertiary/aromatic N) is 2. The Morgan fingerprint density at radius 2 is 2.46 bits per heavy atom.